The quantitative estimate of drug-likeness (QED) is 0.605. The number of likely N-dealkylation sites (N-methyl/N-ethyl adjacent to an activating group) is 1. The largest absolute Gasteiger partial charge is 0.453 e. The van der Waals surface area contributed by atoms with Gasteiger partial charge < -0.3 is 20.0 Å². The van der Waals surface area contributed by atoms with Crippen LogP contribution in [0.2, 0.25) is 0 Å². The fourth-order valence-corrected chi connectivity index (χ4v) is 4.56. The maximum absolute atomic E-state index is 13.1. The highest BCUT2D eigenvalue weighted by molar-refractivity contribution is 5.92. The standard InChI is InChI=1S/C23H27F3N8O/c1-31-12-14-32(15-13-31)18-4-2-17(3-5-18)27-21(35)16-8-10-33(11-9-16)20-7-6-19-28-29-22(23(24,25)26)34(19)30-20/h2-7,16H,8-15H2,1H3,(H,27,35). The molecule has 186 valence electrons. The topological polar surface area (TPSA) is 81.9 Å². The van der Waals surface area contributed by atoms with Crippen molar-refractivity contribution in [1.29, 1.82) is 0 Å². The molecule has 12 heteroatoms. The van der Waals surface area contributed by atoms with E-state index in [9.17, 15) is 18.0 Å². The number of nitrogens with one attached hydrogen (secondary N) is 1. The fraction of sp³-hybridized carbons (Fsp3) is 0.478. The zero-order chi connectivity index (χ0) is 24.6. The van der Waals surface area contributed by atoms with E-state index in [0.717, 1.165) is 42.1 Å². The minimum Gasteiger partial charge on any atom is -0.369 e. The van der Waals surface area contributed by atoms with E-state index in [4.69, 9.17) is 0 Å². The Morgan fingerprint density at radius 3 is 2.26 bits per heavy atom. The number of carbonyl (C=O) groups is 1. The van der Waals surface area contributed by atoms with Crippen LogP contribution in [0.1, 0.15) is 18.7 Å². The molecule has 3 aromatic rings. The summed E-state index contributed by atoms with van der Waals surface area (Å²) in [6.07, 6.45) is -3.47. The molecule has 2 fully saturated rings. The number of anilines is 3. The molecular weight excluding hydrogens is 461 g/mol. The lowest BCUT2D eigenvalue weighted by Crippen LogP contribution is -2.44. The van der Waals surface area contributed by atoms with E-state index >= 15 is 0 Å². The van der Waals surface area contributed by atoms with Gasteiger partial charge in [-0.25, -0.2) is 0 Å². The molecule has 2 saturated heterocycles. The third kappa shape index (κ3) is 5.02. The van der Waals surface area contributed by atoms with Crippen LogP contribution in [0.5, 0.6) is 0 Å². The molecule has 0 unspecified atom stereocenters. The van der Waals surface area contributed by atoms with E-state index in [-0.39, 0.29) is 17.5 Å². The maximum atomic E-state index is 13.1. The molecule has 1 N–H and O–H groups in total. The van der Waals surface area contributed by atoms with Gasteiger partial charge >= 0.3 is 6.18 Å². The van der Waals surface area contributed by atoms with E-state index < -0.39 is 12.0 Å². The Bertz CT molecular complexity index is 1180. The highest BCUT2D eigenvalue weighted by Crippen LogP contribution is 2.29. The molecule has 0 bridgehead atoms. The molecule has 0 spiro atoms. The number of benzene rings is 1. The van der Waals surface area contributed by atoms with Crippen LogP contribution in [0.4, 0.5) is 30.4 Å². The van der Waals surface area contributed by atoms with Gasteiger partial charge in [-0.05, 0) is 56.3 Å². The van der Waals surface area contributed by atoms with Crippen molar-refractivity contribution in [2.45, 2.75) is 19.0 Å². The van der Waals surface area contributed by atoms with Crippen LogP contribution < -0.4 is 15.1 Å². The van der Waals surface area contributed by atoms with Gasteiger partial charge in [0.25, 0.3) is 5.82 Å². The highest BCUT2D eigenvalue weighted by atomic mass is 19.4. The lowest BCUT2D eigenvalue weighted by atomic mass is 9.96. The van der Waals surface area contributed by atoms with Crippen molar-refractivity contribution in [3.05, 3.63) is 42.2 Å². The van der Waals surface area contributed by atoms with Gasteiger partial charge in [0, 0.05) is 56.6 Å². The van der Waals surface area contributed by atoms with Gasteiger partial charge in [0.2, 0.25) is 5.91 Å². The van der Waals surface area contributed by atoms with Gasteiger partial charge in [0.1, 0.15) is 5.82 Å². The summed E-state index contributed by atoms with van der Waals surface area (Å²) < 4.78 is 40.2. The summed E-state index contributed by atoms with van der Waals surface area (Å²) in [7, 11) is 2.12. The molecule has 9 nitrogen and oxygen atoms in total. The van der Waals surface area contributed by atoms with Gasteiger partial charge in [-0.1, -0.05) is 0 Å². The first-order chi connectivity index (χ1) is 16.8. The fourth-order valence-electron chi connectivity index (χ4n) is 4.56. The van der Waals surface area contributed by atoms with Crippen LogP contribution in [0.3, 0.4) is 0 Å². The third-order valence-electron chi connectivity index (χ3n) is 6.70. The zero-order valence-electron chi connectivity index (χ0n) is 19.4. The average Bonchev–Trinajstić information content (AvgIpc) is 3.29. The van der Waals surface area contributed by atoms with Crippen molar-refractivity contribution in [2.24, 2.45) is 5.92 Å². The molecule has 2 aliphatic heterocycles. The Morgan fingerprint density at radius 1 is 0.914 bits per heavy atom. The van der Waals surface area contributed by atoms with Gasteiger partial charge in [-0.15, -0.1) is 15.3 Å². The summed E-state index contributed by atoms with van der Waals surface area (Å²) in [4.78, 5) is 19.3. The second kappa shape index (κ2) is 9.33. The minimum absolute atomic E-state index is 0.0361. The van der Waals surface area contributed by atoms with Crippen LogP contribution in [0, 0.1) is 5.92 Å². The molecule has 2 aromatic heterocycles. The first-order valence-corrected chi connectivity index (χ1v) is 11.7. The molecule has 5 rings (SSSR count). The monoisotopic (exact) mass is 488 g/mol. The van der Waals surface area contributed by atoms with E-state index in [2.05, 4.69) is 37.5 Å². The van der Waals surface area contributed by atoms with Crippen molar-refractivity contribution in [3.63, 3.8) is 0 Å². The van der Waals surface area contributed by atoms with Crippen LogP contribution >= 0.6 is 0 Å². The number of piperidine rings is 1. The highest BCUT2D eigenvalue weighted by Gasteiger charge is 2.38. The number of rotatable bonds is 4. The van der Waals surface area contributed by atoms with Crippen molar-refractivity contribution in [2.75, 3.05) is 61.4 Å². The molecule has 4 heterocycles. The summed E-state index contributed by atoms with van der Waals surface area (Å²) in [6.45, 7) is 5.06. The van der Waals surface area contributed by atoms with Crippen molar-refractivity contribution in [1.82, 2.24) is 24.7 Å². The average molecular weight is 489 g/mol. The minimum atomic E-state index is -4.64. The number of carbonyl (C=O) groups excluding carboxylic acids is 1. The number of hydrogen-bond donors (Lipinski definition) is 1. The van der Waals surface area contributed by atoms with E-state index in [0.29, 0.717) is 31.7 Å². The van der Waals surface area contributed by atoms with E-state index in [1.54, 1.807) is 6.07 Å². The molecule has 0 atom stereocenters. The number of halogens is 3. The summed E-state index contributed by atoms with van der Waals surface area (Å²) >= 11 is 0. The summed E-state index contributed by atoms with van der Waals surface area (Å²) in [5, 5.41) is 13.9. The number of piperazine rings is 1. The Kier molecular flexibility index (Phi) is 6.22. The molecule has 0 radical (unpaired) electrons. The van der Waals surface area contributed by atoms with Gasteiger partial charge in [-0.3, -0.25) is 4.79 Å². The Labute approximate surface area is 200 Å². The van der Waals surface area contributed by atoms with Crippen LogP contribution in [-0.2, 0) is 11.0 Å². The number of nitrogens with zero attached hydrogens (tertiary/aromatic N) is 7. The second-order valence-electron chi connectivity index (χ2n) is 9.07. The normalized spacial score (nSPS) is 18.3. The number of alkyl halides is 3. The van der Waals surface area contributed by atoms with E-state index in [1.807, 2.05) is 29.2 Å². The molecular formula is C23H27F3N8O. The molecule has 0 saturated carbocycles. The predicted octanol–water partition coefficient (Wildman–Crippen LogP) is 2.75. The SMILES string of the molecule is CN1CCN(c2ccc(NC(=O)C3CCN(c4ccc5nnc(C(F)(F)F)n5n4)CC3)cc2)CC1. The molecule has 1 aromatic carbocycles. The maximum Gasteiger partial charge on any atom is 0.453 e. The lowest BCUT2D eigenvalue weighted by molar-refractivity contribution is -0.146. The summed E-state index contributed by atoms with van der Waals surface area (Å²) in [6, 6.07) is 11.0. The third-order valence-corrected chi connectivity index (χ3v) is 6.70. The lowest BCUT2D eigenvalue weighted by Gasteiger charge is -2.34. The van der Waals surface area contributed by atoms with Gasteiger partial charge in [0.15, 0.2) is 5.65 Å². The van der Waals surface area contributed by atoms with E-state index in [1.165, 1.54) is 6.07 Å². The van der Waals surface area contributed by atoms with Gasteiger partial charge in [-0.2, -0.15) is 17.7 Å². The van der Waals surface area contributed by atoms with Crippen LogP contribution in [-0.4, -0.2) is 76.9 Å². The Balaban J connectivity index is 1.17. The van der Waals surface area contributed by atoms with Crippen molar-refractivity contribution < 1.29 is 18.0 Å². The molecule has 0 aliphatic carbocycles. The molecule has 1 amide bonds. The Hall–Kier alpha value is -3.41. The summed E-state index contributed by atoms with van der Waals surface area (Å²) in [5.41, 5.74) is 1.94. The Morgan fingerprint density at radius 2 is 1.60 bits per heavy atom. The first-order valence-electron chi connectivity index (χ1n) is 11.7. The molecule has 35 heavy (non-hydrogen) atoms. The zero-order valence-corrected chi connectivity index (χ0v) is 19.4. The smallest absolute Gasteiger partial charge is 0.369 e. The number of hydrogen-bond acceptors (Lipinski definition) is 7. The number of aromatic nitrogens is 4. The van der Waals surface area contributed by atoms with Crippen LogP contribution in [0.25, 0.3) is 5.65 Å². The van der Waals surface area contributed by atoms with Crippen LogP contribution in [0.15, 0.2) is 36.4 Å². The van der Waals surface area contributed by atoms with Crippen molar-refractivity contribution >= 4 is 28.7 Å². The summed E-state index contributed by atoms with van der Waals surface area (Å²) in [5.74, 6) is -0.963. The number of fused-ring (bicyclic) bond motifs is 1. The van der Waals surface area contributed by atoms with Gasteiger partial charge in [0.05, 0.1) is 0 Å². The molecule has 2 aliphatic rings. The first kappa shape index (κ1) is 23.3. The second-order valence-corrected chi connectivity index (χ2v) is 9.07. The van der Waals surface area contributed by atoms with Crippen molar-refractivity contribution in [3.8, 4) is 0 Å². The number of amides is 1. The predicted molar refractivity (Wildman–Crippen MR) is 126 cm³/mol.